The van der Waals surface area contributed by atoms with E-state index in [2.05, 4.69) is 0 Å². The number of nitrogens with zero attached hydrogens (tertiary/aromatic N) is 1. The summed E-state index contributed by atoms with van der Waals surface area (Å²) in [4.78, 5) is 14.7. The van der Waals surface area contributed by atoms with Gasteiger partial charge in [0.1, 0.15) is 11.6 Å². The minimum absolute atomic E-state index is 0.139. The van der Waals surface area contributed by atoms with E-state index in [1.54, 1.807) is 38.0 Å². The Labute approximate surface area is 147 Å². The van der Waals surface area contributed by atoms with E-state index < -0.39 is 5.41 Å². The number of carbonyl (C=O) groups excluding carboxylic acids is 1. The number of para-hydroxylation sites is 1. The average molecular weight is 345 g/mol. The lowest BCUT2D eigenvalue weighted by Gasteiger charge is -2.32. The van der Waals surface area contributed by atoms with Crippen LogP contribution in [-0.4, -0.2) is 36.2 Å². The zero-order valence-corrected chi connectivity index (χ0v) is 14.8. The smallest absolute Gasteiger partial charge is 0.233 e. The predicted octanol–water partition coefficient (Wildman–Crippen LogP) is 3.13. The predicted molar refractivity (Wildman–Crippen MR) is 94.9 cm³/mol. The summed E-state index contributed by atoms with van der Waals surface area (Å²) in [5.41, 5.74) is 0.744. The minimum atomic E-state index is -0.842. The van der Waals surface area contributed by atoms with E-state index in [0.717, 1.165) is 11.1 Å². The maximum atomic E-state index is 13.2. The molecule has 0 radical (unpaired) electrons. The molecule has 5 heteroatoms. The number of amides is 1. The van der Waals surface area contributed by atoms with E-state index in [-0.39, 0.29) is 24.9 Å². The summed E-state index contributed by atoms with van der Waals surface area (Å²) in [7, 11) is 1.58. The van der Waals surface area contributed by atoms with Crippen LogP contribution in [0.3, 0.4) is 0 Å². The molecule has 1 amide bonds. The molecule has 25 heavy (non-hydrogen) atoms. The molecule has 4 nitrogen and oxygen atoms in total. The highest BCUT2D eigenvalue weighted by Gasteiger charge is 2.34. The Morgan fingerprint density at radius 1 is 1.16 bits per heavy atom. The van der Waals surface area contributed by atoms with Gasteiger partial charge in [0.15, 0.2) is 0 Å². The summed E-state index contributed by atoms with van der Waals surface area (Å²) < 4.78 is 18.5. The monoisotopic (exact) mass is 345 g/mol. The third-order valence-corrected chi connectivity index (χ3v) is 4.31. The summed E-state index contributed by atoms with van der Waals surface area (Å²) in [5.74, 6) is 0.213. The fourth-order valence-electron chi connectivity index (χ4n) is 2.80. The second-order valence-corrected chi connectivity index (χ2v) is 6.39. The number of carbonyl (C=O) groups is 1. The first-order valence-electron chi connectivity index (χ1n) is 8.18. The Hall–Kier alpha value is -2.40. The first-order valence-corrected chi connectivity index (χ1v) is 8.18. The summed E-state index contributed by atoms with van der Waals surface area (Å²) in [6.07, 6.45) is 0. The van der Waals surface area contributed by atoms with Crippen LogP contribution in [0.25, 0.3) is 0 Å². The van der Waals surface area contributed by atoms with Crippen LogP contribution >= 0.6 is 0 Å². The highest BCUT2D eigenvalue weighted by molar-refractivity contribution is 5.87. The Morgan fingerprint density at radius 3 is 2.40 bits per heavy atom. The highest BCUT2D eigenvalue weighted by Crippen LogP contribution is 2.28. The molecule has 0 fully saturated rings. The standard InChI is InChI=1S/C20H24FNO3/c1-20(2,16-8-10-17(21)11-9-16)19(24)22(12-13-23)14-15-6-4-5-7-18(15)25-3/h4-11,23H,12-14H2,1-3H3. The second-order valence-electron chi connectivity index (χ2n) is 6.39. The fourth-order valence-corrected chi connectivity index (χ4v) is 2.80. The van der Waals surface area contributed by atoms with Crippen LogP contribution in [0.5, 0.6) is 5.75 Å². The number of hydrogen-bond acceptors (Lipinski definition) is 3. The summed E-state index contributed by atoms with van der Waals surface area (Å²) in [6, 6.07) is 13.4. The lowest BCUT2D eigenvalue weighted by molar-refractivity contribution is -0.137. The molecule has 2 rings (SSSR count). The number of rotatable bonds is 7. The van der Waals surface area contributed by atoms with Gasteiger partial charge in [0, 0.05) is 18.7 Å². The molecular weight excluding hydrogens is 321 g/mol. The van der Waals surface area contributed by atoms with Crippen molar-refractivity contribution in [3.63, 3.8) is 0 Å². The van der Waals surface area contributed by atoms with Gasteiger partial charge in [-0.15, -0.1) is 0 Å². The van der Waals surface area contributed by atoms with Crippen molar-refractivity contribution >= 4 is 5.91 Å². The van der Waals surface area contributed by atoms with Crippen LogP contribution in [-0.2, 0) is 16.8 Å². The number of methoxy groups -OCH3 is 1. The Morgan fingerprint density at radius 2 is 1.80 bits per heavy atom. The average Bonchev–Trinajstić information content (AvgIpc) is 2.61. The zero-order chi connectivity index (χ0) is 18.4. The Bertz CT molecular complexity index is 713. The minimum Gasteiger partial charge on any atom is -0.496 e. The molecule has 0 aliphatic heterocycles. The van der Waals surface area contributed by atoms with Gasteiger partial charge in [-0.2, -0.15) is 0 Å². The van der Waals surface area contributed by atoms with Crippen molar-refractivity contribution in [2.75, 3.05) is 20.3 Å². The van der Waals surface area contributed by atoms with Gasteiger partial charge in [-0.25, -0.2) is 4.39 Å². The molecule has 0 bridgehead atoms. The van der Waals surface area contributed by atoms with Crippen molar-refractivity contribution in [3.05, 3.63) is 65.5 Å². The van der Waals surface area contributed by atoms with Crippen molar-refractivity contribution < 1.29 is 19.0 Å². The van der Waals surface area contributed by atoms with Crippen molar-refractivity contribution in [1.29, 1.82) is 0 Å². The summed E-state index contributed by atoms with van der Waals surface area (Å²) in [6.45, 7) is 4.00. The topological polar surface area (TPSA) is 49.8 Å². The van der Waals surface area contributed by atoms with Crippen molar-refractivity contribution in [2.45, 2.75) is 25.8 Å². The zero-order valence-electron chi connectivity index (χ0n) is 14.8. The van der Waals surface area contributed by atoms with Crippen LogP contribution in [0.1, 0.15) is 25.0 Å². The van der Waals surface area contributed by atoms with Gasteiger partial charge in [-0.3, -0.25) is 4.79 Å². The maximum absolute atomic E-state index is 13.2. The lowest BCUT2D eigenvalue weighted by atomic mass is 9.83. The van der Waals surface area contributed by atoms with Gasteiger partial charge in [0.2, 0.25) is 5.91 Å². The first-order chi connectivity index (χ1) is 11.9. The van der Waals surface area contributed by atoms with Gasteiger partial charge in [-0.05, 0) is 37.6 Å². The van der Waals surface area contributed by atoms with Crippen molar-refractivity contribution in [2.24, 2.45) is 0 Å². The number of ether oxygens (including phenoxy) is 1. The Balaban J connectivity index is 2.29. The van der Waals surface area contributed by atoms with Crippen LogP contribution in [0, 0.1) is 5.82 Å². The van der Waals surface area contributed by atoms with E-state index in [9.17, 15) is 14.3 Å². The van der Waals surface area contributed by atoms with Gasteiger partial charge in [0.25, 0.3) is 0 Å². The molecule has 0 aliphatic rings. The molecular formula is C20H24FNO3. The number of aliphatic hydroxyl groups excluding tert-OH is 1. The second kappa shape index (κ2) is 8.12. The van der Waals surface area contributed by atoms with Gasteiger partial charge in [-0.1, -0.05) is 30.3 Å². The molecule has 0 aromatic heterocycles. The van der Waals surface area contributed by atoms with Gasteiger partial charge >= 0.3 is 0 Å². The highest BCUT2D eigenvalue weighted by atomic mass is 19.1. The number of aliphatic hydroxyl groups is 1. The normalized spacial score (nSPS) is 11.2. The molecule has 1 N–H and O–H groups in total. The van der Waals surface area contributed by atoms with E-state index in [1.165, 1.54) is 12.1 Å². The molecule has 134 valence electrons. The number of benzene rings is 2. The van der Waals surface area contributed by atoms with Crippen LogP contribution < -0.4 is 4.74 Å². The maximum Gasteiger partial charge on any atom is 0.233 e. The quantitative estimate of drug-likeness (QED) is 0.839. The first kappa shape index (κ1) is 18.9. The van der Waals surface area contributed by atoms with Gasteiger partial charge in [0.05, 0.1) is 19.1 Å². The van der Waals surface area contributed by atoms with E-state index in [1.807, 2.05) is 24.3 Å². The molecule has 0 aliphatic carbocycles. The molecule has 0 saturated heterocycles. The molecule has 0 unspecified atom stereocenters. The fraction of sp³-hybridized carbons (Fsp3) is 0.350. The summed E-state index contributed by atoms with van der Waals surface area (Å²) in [5, 5.41) is 9.39. The molecule has 0 saturated carbocycles. The molecule has 2 aromatic carbocycles. The number of halogens is 1. The van der Waals surface area contributed by atoms with E-state index >= 15 is 0 Å². The SMILES string of the molecule is COc1ccccc1CN(CCO)C(=O)C(C)(C)c1ccc(F)cc1. The van der Waals surface area contributed by atoms with Crippen molar-refractivity contribution in [1.82, 2.24) is 4.90 Å². The number of hydrogen-bond donors (Lipinski definition) is 1. The molecule has 0 heterocycles. The Kier molecular flexibility index (Phi) is 6.15. The van der Waals surface area contributed by atoms with Crippen LogP contribution in [0.15, 0.2) is 48.5 Å². The summed E-state index contributed by atoms with van der Waals surface area (Å²) >= 11 is 0. The largest absolute Gasteiger partial charge is 0.496 e. The molecule has 0 spiro atoms. The molecule has 0 atom stereocenters. The van der Waals surface area contributed by atoms with Crippen LogP contribution in [0.2, 0.25) is 0 Å². The third-order valence-electron chi connectivity index (χ3n) is 4.31. The van der Waals surface area contributed by atoms with Crippen molar-refractivity contribution in [3.8, 4) is 5.75 Å². The molecule has 2 aromatic rings. The van der Waals surface area contributed by atoms with E-state index in [4.69, 9.17) is 4.74 Å². The van der Waals surface area contributed by atoms with E-state index in [0.29, 0.717) is 12.3 Å². The van der Waals surface area contributed by atoms with Crippen LogP contribution in [0.4, 0.5) is 4.39 Å². The third kappa shape index (κ3) is 4.37. The van der Waals surface area contributed by atoms with Gasteiger partial charge < -0.3 is 14.7 Å². The lowest BCUT2D eigenvalue weighted by Crippen LogP contribution is -2.44.